The third-order valence-corrected chi connectivity index (χ3v) is 4.47. The molecule has 1 aromatic heterocycles. The highest BCUT2D eigenvalue weighted by Gasteiger charge is 2.30. The first-order valence-corrected chi connectivity index (χ1v) is 9.22. The normalized spacial score (nSPS) is 11.0. The highest BCUT2D eigenvalue weighted by Crippen LogP contribution is 2.29. The van der Waals surface area contributed by atoms with Crippen LogP contribution >= 0.6 is 0 Å². The molecule has 3 N–H and O–H groups in total. The summed E-state index contributed by atoms with van der Waals surface area (Å²) in [5.74, 6) is -0.478. The summed E-state index contributed by atoms with van der Waals surface area (Å²) in [6.45, 7) is 1.73. The van der Waals surface area contributed by atoms with Crippen molar-refractivity contribution in [2.75, 3.05) is 23.0 Å². The first-order valence-electron chi connectivity index (χ1n) is 9.22. The van der Waals surface area contributed by atoms with Crippen molar-refractivity contribution >= 4 is 29.0 Å². The van der Waals surface area contributed by atoms with E-state index in [1.807, 2.05) is 0 Å². The Bertz CT molecular complexity index is 1110. The monoisotopic (exact) mass is 428 g/mol. The van der Waals surface area contributed by atoms with Crippen LogP contribution in [0.1, 0.15) is 31.8 Å². The zero-order valence-electron chi connectivity index (χ0n) is 16.7. The van der Waals surface area contributed by atoms with Gasteiger partial charge in [0.05, 0.1) is 17.4 Å². The first-order chi connectivity index (χ1) is 14.7. The van der Waals surface area contributed by atoms with Gasteiger partial charge in [0.25, 0.3) is 11.8 Å². The molecule has 0 atom stereocenters. The summed E-state index contributed by atoms with van der Waals surface area (Å²) >= 11 is 0. The van der Waals surface area contributed by atoms with Crippen LogP contribution in [-0.4, -0.2) is 23.8 Å². The minimum Gasteiger partial charge on any atom is -0.373 e. The van der Waals surface area contributed by atoms with Crippen molar-refractivity contribution in [1.29, 1.82) is 0 Å². The molecule has 1 heterocycles. The molecule has 0 radical (unpaired) electrons. The fourth-order valence-corrected chi connectivity index (χ4v) is 2.80. The number of carbonyl (C=O) groups excluding carboxylic acids is 2. The van der Waals surface area contributed by atoms with Crippen LogP contribution in [0, 0.1) is 6.92 Å². The quantitative estimate of drug-likeness (QED) is 0.537. The first kappa shape index (κ1) is 21.8. The zero-order valence-corrected chi connectivity index (χ0v) is 16.7. The van der Waals surface area contributed by atoms with Gasteiger partial charge in [0, 0.05) is 23.9 Å². The molecule has 0 fully saturated rings. The van der Waals surface area contributed by atoms with Gasteiger partial charge in [-0.1, -0.05) is 12.1 Å². The number of benzene rings is 2. The van der Waals surface area contributed by atoms with Crippen molar-refractivity contribution in [2.45, 2.75) is 13.1 Å². The van der Waals surface area contributed by atoms with E-state index in [1.165, 1.54) is 24.4 Å². The number of hydrogen-bond acceptors (Lipinski definition) is 4. The van der Waals surface area contributed by atoms with E-state index in [9.17, 15) is 22.8 Å². The van der Waals surface area contributed by atoms with Crippen LogP contribution in [0.3, 0.4) is 0 Å². The number of aromatic nitrogens is 1. The van der Waals surface area contributed by atoms with Crippen LogP contribution < -0.4 is 16.0 Å². The summed E-state index contributed by atoms with van der Waals surface area (Å²) in [5, 5.41) is 8.12. The second-order valence-corrected chi connectivity index (χ2v) is 6.70. The number of aryl methyl sites for hydroxylation is 1. The molecule has 0 aliphatic rings. The van der Waals surface area contributed by atoms with Crippen molar-refractivity contribution in [3.63, 3.8) is 0 Å². The summed E-state index contributed by atoms with van der Waals surface area (Å²) in [6, 6.07) is 12.2. The molecule has 0 unspecified atom stereocenters. The molecule has 3 aromatic rings. The second kappa shape index (κ2) is 8.86. The van der Waals surface area contributed by atoms with Gasteiger partial charge >= 0.3 is 6.18 Å². The fraction of sp³-hybridized carbons (Fsp3) is 0.136. The molecule has 0 saturated carbocycles. The number of hydrogen-bond donors (Lipinski definition) is 3. The smallest absolute Gasteiger partial charge is 0.373 e. The molecule has 6 nitrogen and oxygen atoms in total. The van der Waals surface area contributed by atoms with Crippen LogP contribution in [0.2, 0.25) is 0 Å². The lowest BCUT2D eigenvalue weighted by Gasteiger charge is -2.12. The molecule has 3 rings (SSSR count). The Balaban J connectivity index is 1.77. The van der Waals surface area contributed by atoms with E-state index in [0.717, 1.165) is 12.1 Å². The van der Waals surface area contributed by atoms with Crippen molar-refractivity contribution in [2.24, 2.45) is 0 Å². The summed E-state index contributed by atoms with van der Waals surface area (Å²) in [5.41, 5.74) is 0.677. The number of anilines is 3. The molecule has 31 heavy (non-hydrogen) atoms. The van der Waals surface area contributed by atoms with Crippen LogP contribution in [-0.2, 0) is 6.18 Å². The van der Waals surface area contributed by atoms with Gasteiger partial charge in [-0.2, -0.15) is 13.2 Å². The summed E-state index contributed by atoms with van der Waals surface area (Å²) in [7, 11) is 1.73. The average Bonchev–Trinajstić information content (AvgIpc) is 2.75. The molecule has 2 amide bonds. The van der Waals surface area contributed by atoms with Crippen molar-refractivity contribution in [3.8, 4) is 0 Å². The third-order valence-electron chi connectivity index (χ3n) is 4.47. The minimum absolute atomic E-state index is 0.142. The highest BCUT2D eigenvalue weighted by atomic mass is 19.4. The Kier molecular flexibility index (Phi) is 6.24. The molecule has 2 aromatic carbocycles. The summed E-state index contributed by atoms with van der Waals surface area (Å²) in [6.07, 6.45) is -3.05. The maximum atomic E-state index is 12.9. The van der Waals surface area contributed by atoms with E-state index in [2.05, 4.69) is 20.9 Å². The number of nitrogens with one attached hydrogen (secondary N) is 3. The Hall–Kier alpha value is -3.88. The van der Waals surface area contributed by atoms with Crippen molar-refractivity contribution in [3.05, 3.63) is 83.0 Å². The standard InChI is InChI=1S/C22H19F3N4O2/c1-13-6-7-16(28-20(30)14-4-3-5-15(10-14)22(23,24)25)11-18(13)21(31)29-17-8-9-19(26-2)27-12-17/h3-12H,1-2H3,(H,26,27)(H,28,30)(H,29,31). The van der Waals surface area contributed by atoms with E-state index in [0.29, 0.717) is 22.6 Å². The maximum Gasteiger partial charge on any atom is 0.416 e. The Morgan fingerprint density at radius 3 is 2.26 bits per heavy atom. The average molecular weight is 428 g/mol. The van der Waals surface area contributed by atoms with Crippen molar-refractivity contribution in [1.82, 2.24) is 4.98 Å². The van der Waals surface area contributed by atoms with Crippen LogP contribution in [0.25, 0.3) is 0 Å². The lowest BCUT2D eigenvalue weighted by atomic mass is 10.1. The number of carbonyl (C=O) groups is 2. The van der Waals surface area contributed by atoms with E-state index in [4.69, 9.17) is 0 Å². The minimum atomic E-state index is -4.55. The van der Waals surface area contributed by atoms with Gasteiger partial charge in [-0.3, -0.25) is 9.59 Å². The molecule has 0 spiro atoms. The number of pyridine rings is 1. The van der Waals surface area contributed by atoms with E-state index >= 15 is 0 Å². The molecule has 0 aliphatic carbocycles. The summed E-state index contributed by atoms with van der Waals surface area (Å²) in [4.78, 5) is 29.2. The fourth-order valence-electron chi connectivity index (χ4n) is 2.80. The lowest BCUT2D eigenvalue weighted by molar-refractivity contribution is -0.137. The summed E-state index contributed by atoms with van der Waals surface area (Å²) < 4.78 is 38.6. The van der Waals surface area contributed by atoms with Gasteiger partial charge in [-0.05, 0) is 55.0 Å². The van der Waals surface area contributed by atoms with Crippen LogP contribution in [0.5, 0.6) is 0 Å². The Morgan fingerprint density at radius 1 is 0.903 bits per heavy atom. The highest BCUT2D eigenvalue weighted by molar-refractivity contribution is 6.08. The molecule has 0 saturated heterocycles. The number of nitrogens with zero attached hydrogens (tertiary/aromatic N) is 1. The van der Waals surface area contributed by atoms with E-state index in [1.54, 1.807) is 38.2 Å². The van der Waals surface area contributed by atoms with Crippen molar-refractivity contribution < 1.29 is 22.8 Å². The zero-order chi connectivity index (χ0) is 22.6. The molecular weight excluding hydrogens is 409 g/mol. The van der Waals surface area contributed by atoms with Gasteiger partial charge in [-0.25, -0.2) is 4.98 Å². The van der Waals surface area contributed by atoms with E-state index in [-0.39, 0.29) is 11.3 Å². The molecule has 0 aliphatic heterocycles. The number of rotatable bonds is 5. The van der Waals surface area contributed by atoms with Gasteiger partial charge in [0.15, 0.2) is 0 Å². The number of alkyl halides is 3. The molecule has 9 heteroatoms. The number of amides is 2. The predicted molar refractivity (Wildman–Crippen MR) is 112 cm³/mol. The molecule has 160 valence electrons. The third kappa shape index (κ3) is 5.39. The Labute approximate surface area is 176 Å². The largest absolute Gasteiger partial charge is 0.416 e. The second-order valence-electron chi connectivity index (χ2n) is 6.70. The molecule has 0 bridgehead atoms. The van der Waals surface area contributed by atoms with Gasteiger partial charge in [0.1, 0.15) is 5.82 Å². The van der Waals surface area contributed by atoms with E-state index < -0.39 is 23.6 Å². The number of halogens is 3. The predicted octanol–water partition coefficient (Wildman–Crippen LogP) is 4.96. The lowest BCUT2D eigenvalue weighted by Crippen LogP contribution is -2.16. The van der Waals surface area contributed by atoms with Gasteiger partial charge in [-0.15, -0.1) is 0 Å². The van der Waals surface area contributed by atoms with Crippen LogP contribution in [0.15, 0.2) is 60.8 Å². The molecular formula is C22H19F3N4O2. The Morgan fingerprint density at radius 2 is 1.61 bits per heavy atom. The topological polar surface area (TPSA) is 83.1 Å². The van der Waals surface area contributed by atoms with Gasteiger partial charge < -0.3 is 16.0 Å². The van der Waals surface area contributed by atoms with Crippen LogP contribution in [0.4, 0.5) is 30.4 Å². The van der Waals surface area contributed by atoms with Gasteiger partial charge in [0.2, 0.25) is 0 Å². The maximum absolute atomic E-state index is 12.9. The SMILES string of the molecule is CNc1ccc(NC(=O)c2cc(NC(=O)c3cccc(C(F)(F)F)c3)ccc2C)cn1.